The van der Waals surface area contributed by atoms with Crippen LogP contribution in [0.25, 0.3) is 0 Å². The summed E-state index contributed by atoms with van der Waals surface area (Å²) in [7, 11) is 0. The van der Waals surface area contributed by atoms with Crippen LogP contribution in [0.2, 0.25) is 5.02 Å². The third kappa shape index (κ3) is 1.60. The highest BCUT2D eigenvalue weighted by Gasteiger charge is 2.36. The van der Waals surface area contributed by atoms with Gasteiger partial charge in [-0.25, -0.2) is 0 Å². The van der Waals surface area contributed by atoms with Gasteiger partial charge in [-0.3, -0.25) is 0 Å². The highest BCUT2D eigenvalue weighted by atomic mass is 35.5. The zero-order valence-corrected chi connectivity index (χ0v) is 10.6. The molecule has 1 fully saturated rings. The van der Waals surface area contributed by atoms with Crippen molar-refractivity contribution in [3.63, 3.8) is 0 Å². The number of fused-ring (bicyclic) bond motifs is 1. The maximum Gasteiger partial charge on any atom is 0.231 e. The number of hydrogen-bond donors (Lipinski definition) is 1. The van der Waals surface area contributed by atoms with E-state index < -0.39 is 0 Å². The van der Waals surface area contributed by atoms with Crippen molar-refractivity contribution in [2.45, 2.75) is 38.1 Å². The lowest BCUT2D eigenvalue weighted by Crippen LogP contribution is -2.34. The van der Waals surface area contributed by atoms with Crippen molar-refractivity contribution >= 4 is 11.6 Å². The lowest BCUT2D eigenvalue weighted by atomic mass is 9.85. The van der Waals surface area contributed by atoms with Gasteiger partial charge in [0.25, 0.3) is 0 Å². The molecule has 0 atom stereocenters. The van der Waals surface area contributed by atoms with Gasteiger partial charge in [0.15, 0.2) is 11.5 Å². The molecule has 2 N–H and O–H groups in total. The fourth-order valence-electron chi connectivity index (χ4n) is 3.04. The summed E-state index contributed by atoms with van der Waals surface area (Å²) >= 11 is 6.37. The van der Waals surface area contributed by atoms with Crippen LogP contribution in [0.4, 0.5) is 0 Å². The molecule has 1 saturated carbocycles. The fourth-order valence-corrected chi connectivity index (χ4v) is 3.46. The van der Waals surface area contributed by atoms with Gasteiger partial charge in [0, 0.05) is 22.2 Å². The van der Waals surface area contributed by atoms with Crippen molar-refractivity contribution in [3.8, 4) is 11.5 Å². The zero-order chi connectivity index (χ0) is 12.0. The van der Waals surface area contributed by atoms with Crippen LogP contribution in [0.15, 0.2) is 6.07 Å². The van der Waals surface area contributed by atoms with E-state index in [1.165, 1.54) is 12.8 Å². The van der Waals surface area contributed by atoms with Crippen molar-refractivity contribution in [2.75, 3.05) is 6.79 Å². The van der Waals surface area contributed by atoms with Crippen LogP contribution >= 0.6 is 11.6 Å². The smallest absolute Gasteiger partial charge is 0.231 e. The minimum atomic E-state index is -0.290. The maximum absolute atomic E-state index is 6.50. The Hall–Kier alpha value is -0.930. The summed E-state index contributed by atoms with van der Waals surface area (Å²) in [5.41, 5.74) is 8.28. The van der Waals surface area contributed by atoms with E-state index >= 15 is 0 Å². The molecule has 0 spiro atoms. The largest absolute Gasteiger partial charge is 0.454 e. The molecule has 92 valence electrons. The third-order valence-electron chi connectivity index (χ3n) is 3.85. The first-order chi connectivity index (χ1) is 8.12. The molecule has 1 heterocycles. The van der Waals surface area contributed by atoms with Gasteiger partial charge >= 0.3 is 0 Å². The highest BCUT2D eigenvalue weighted by molar-refractivity contribution is 6.31. The summed E-state index contributed by atoms with van der Waals surface area (Å²) in [5, 5.41) is 0.705. The summed E-state index contributed by atoms with van der Waals surface area (Å²) in [4.78, 5) is 0. The monoisotopic (exact) mass is 253 g/mol. The second-order valence-electron chi connectivity index (χ2n) is 4.96. The number of halogens is 1. The molecule has 3 rings (SSSR count). The molecule has 1 aromatic carbocycles. The van der Waals surface area contributed by atoms with Gasteiger partial charge in [-0.2, -0.15) is 0 Å². The molecule has 0 bridgehead atoms. The fraction of sp³-hybridized carbons (Fsp3) is 0.538. The predicted octanol–water partition coefficient (Wildman–Crippen LogP) is 3.11. The lowest BCUT2D eigenvalue weighted by molar-refractivity contribution is 0.173. The van der Waals surface area contributed by atoms with E-state index in [1.54, 1.807) is 0 Å². The standard InChI is InChI=1S/C13H16ClNO2/c1-8-11(13(15)4-2-3-5-13)9(14)6-10-12(8)17-7-16-10/h6H,2-5,7,15H2,1H3. The van der Waals surface area contributed by atoms with Crippen LogP contribution in [0.1, 0.15) is 36.8 Å². The van der Waals surface area contributed by atoms with Gasteiger partial charge in [0.05, 0.1) is 0 Å². The minimum absolute atomic E-state index is 0.271. The predicted molar refractivity (Wildman–Crippen MR) is 66.6 cm³/mol. The summed E-state index contributed by atoms with van der Waals surface area (Å²) < 4.78 is 10.9. The summed E-state index contributed by atoms with van der Waals surface area (Å²) in [6, 6.07) is 1.83. The first kappa shape index (κ1) is 11.2. The minimum Gasteiger partial charge on any atom is -0.454 e. The molecule has 2 aliphatic rings. The average molecular weight is 254 g/mol. The average Bonchev–Trinajstić information content (AvgIpc) is 2.87. The lowest BCUT2D eigenvalue weighted by Gasteiger charge is -2.27. The van der Waals surface area contributed by atoms with E-state index in [-0.39, 0.29) is 12.3 Å². The first-order valence-electron chi connectivity index (χ1n) is 6.00. The molecule has 0 aromatic heterocycles. The Balaban J connectivity index is 2.16. The number of benzene rings is 1. The zero-order valence-electron chi connectivity index (χ0n) is 9.88. The molecule has 3 nitrogen and oxygen atoms in total. The van der Waals surface area contributed by atoms with Gasteiger partial charge < -0.3 is 15.2 Å². The number of ether oxygens (including phenoxy) is 2. The molecule has 17 heavy (non-hydrogen) atoms. The molecule has 1 aromatic rings. The molecular formula is C13H16ClNO2. The van der Waals surface area contributed by atoms with Crippen LogP contribution in [-0.2, 0) is 5.54 Å². The maximum atomic E-state index is 6.50. The van der Waals surface area contributed by atoms with Crippen molar-refractivity contribution < 1.29 is 9.47 Å². The Morgan fingerprint density at radius 3 is 2.71 bits per heavy atom. The summed E-state index contributed by atoms with van der Waals surface area (Å²) in [6.07, 6.45) is 4.32. The SMILES string of the molecule is Cc1c2c(cc(Cl)c1C1(N)CCCC1)OCO2. The summed E-state index contributed by atoms with van der Waals surface area (Å²) in [5.74, 6) is 1.54. The van der Waals surface area contributed by atoms with Gasteiger partial charge in [0.1, 0.15) is 0 Å². The van der Waals surface area contributed by atoms with E-state index in [9.17, 15) is 0 Å². The van der Waals surface area contributed by atoms with Crippen molar-refractivity contribution in [1.82, 2.24) is 0 Å². The Kier molecular flexibility index (Phi) is 2.49. The van der Waals surface area contributed by atoms with E-state index in [1.807, 2.05) is 13.0 Å². The Morgan fingerprint density at radius 1 is 1.29 bits per heavy atom. The van der Waals surface area contributed by atoms with Crippen molar-refractivity contribution in [3.05, 3.63) is 22.2 Å². The Bertz CT molecular complexity index is 467. The molecule has 1 aliphatic heterocycles. The number of hydrogen-bond acceptors (Lipinski definition) is 3. The normalized spacial score (nSPS) is 20.9. The quantitative estimate of drug-likeness (QED) is 0.836. The molecule has 0 amide bonds. The van der Waals surface area contributed by atoms with Gasteiger partial charge in [0.2, 0.25) is 6.79 Å². The van der Waals surface area contributed by atoms with Crippen LogP contribution in [0, 0.1) is 6.92 Å². The molecule has 0 radical (unpaired) electrons. The molecule has 0 saturated heterocycles. The first-order valence-corrected chi connectivity index (χ1v) is 6.38. The topological polar surface area (TPSA) is 44.5 Å². The second-order valence-corrected chi connectivity index (χ2v) is 5.36. The molecule has 4 heteroatoms. The second kappa shape index (κ2) is 3.79. The van der Waals surface area contributed by atoms with E-state index in [2.05, 4.69) is 0 Å². The van der Waals surface area contributed by atoms with E-state index in [0.717, 1.165) is 35.5 Å². The number of rotatable bonds is 1. The number of nitrogens with two attached hydrogens (primary N) is 1. The van der Waals surface area contributed by atoms with Crippen LogP contribution in [0.3, 0.4) is 0 Å². The highest BCUT2D eigenvalue weighted by Crippen LogP contribution is 2.48. The van der Waals surface area contributed by atoms with Crippen LogP contribution < -0.4 is 15.2 Å². The van der Waals surface area contributed by atoms with Crippen LogP contribution in [-0.4, -0.2) is 6.79 Å². The van der Waals surface area contributed by atoms with E-state index in [4.69, 9.17) is 26.8 Å². The molecule has 0 unspecified atom stereocenters. The third-order valence-corrected chi connectivity index (χ3v) is 4.15. The van der Waals surface area contributed by atoms with E-state index in [0.29, 0.717) is 5.02 Å². The van der Waals surface area contributed by atoms with Gasteiger partial charge in [-0.05, 0) is 25.3 Å². The Morgan fingerprint density at radius 2 is 2.00 bits per heavy atom. The Labute approximate surface area is 106 Å². The van der Waals surface area contributed by atoms with Gasteiger partial charge in [-0.1, -0.05) is 24.4 Å². The molecular weight excluding hydrogens is 238 g/mol. The van der Waals surface area contributed by atoms with Crippen molar-refractivity contribution in [1.29, 1.82) is 0 Å². The molecule has 1 aliphatic carbocycles. The van der Waals surface area contributed by atoms with Crippen molar-refractivity contribution in [2.24, 2.45) is 5.73 Å². The van der Waals surface area contributed by atoms with Gasteiger partial charge in [-0.15, -0.1) is 0 Å². The van der Waals surface area contributed by atoms with Crippen LogP contribution in [0.5, 0.6) is 11.5 Å². The summed E-state index contributed by atoms with van der Waals surface area (Å²) in [6.45, 7) is 2.29.